The molecular weight excluding hydrogens is 267 g/mol. The Kier molecular flexibility index (Phi) is 2.93. The molecule has 2 aromatic heterocycles. The van der Waals surface area contributed by atoms with Gasteiger partial charge in [-0.15, -0.1) is 11.6 Å². The second-order valence-electron chi connectivity index (χ2n) is 2.86. The minimum atomic E-state index is 0.423. The van der Waals surface area contributed by atoms with Gasteiger partial charge in [0.25, 0.3) is 0 Å². The van der Waals surface area contributed by atoms with Crippen molar-refractivity contribution in [1.29, 1.82) is 0 Å². The van der Waals surface area contributed by atoms with E-state index in [4.69, 9.17) is 16.0 Å². The summed E-state index contributed by atoms with van der Waals surface area (Å²) < 4.78 is 7.86. The molecule has 0 amide bonds. The van der Waals surface area contributed by atoms with Gasteiger partial charge in [0.1, 0.15) is 5.82 Å². The maximum Gasteiger partial charge on any atom is 0.169 e. The van der Waals surface area contributed by atoms with Crippen LogP contribution in [0, 0.1) is 0 Å². The van der Waals surface area contributed by atoms with Gasteiger partial charge in [-0.1, -0.05) is 0 Å². The van der Waals surface area contributed by atoms with E-state index < -0.39 is 0 Å². The van der Waals surface area contributed by atoms with Crippen LogP contribution in [0.25, 0.3) is 0 Å². The molecule has 0 aliphatic heterocycles. The first kappa shape index (κ1) is 9.80. The number of halogens is 2. The van der Waals surface area contributed by atoms with E-state index in [1.165, 1.54) is 0 Å². The Morgan fingerprint density at radius 2 is 2.43 bits per heavy atom. The summed E-state index contributed by atoms with van der Waals surface area (Å²) in [5, 5.41) is 0. The Morgan fingerprint density at radius 3 is 3.07 bits per heavy atom. The molecule has 0 saturated heterocycles. The third-order valence-electron chi connectivity index (χ3n) is 1.90. The van der Waals surface area contributed by atoms with Crippen LogP contribution in [0.3, 0.4) is 0 Å². The molecule has 0 aliphatic carbocycles. The van der Waals surface area contributed by atoms with Crippen LogP contribution in [-0.2, 0) is 12.4 Å². The molecule has 0 fully saturated rings. The molecule has 74 valence electrons. The third kappa shape index (κ3) is 2.01. The molecule has 0 aliphatic rings. The average Bonchev–Trinajstić information content (AvgIpc) is 2.76. The van der Waals surface area contributed by atoms with E-state index in [1.54, 1.807) is 12.5 Å². The highest BCUT2D eigenvalue weighted by Crippen LogP contribution is 2.15. The van der Waals surface area contributed by atoms with E-state index in [0.717, 1.165) is 22.6 Å². The van der Waals surface area contributed by atoms with Crippen molar-refractivity contribution in [3.8, 4) is 0 Å². The van der Waals surface area contributed by atoms with E-state index in [-0.39, 0.29) is 0 Å². The maximum atomic E-state index is 5.73. The number of hydrogen-bond donors (Lipinski definition) is 0. The molecule has 0 aromatic carbocycles. The predicted molar refractivity (Wildman–Crippen MR) is 57.3 cm³/mol. The third-order valence-corrected chi connectivity index (χ3v) is 2.55. The van der Waals surface area contributed by atoms with Crippen LogP contribution >= 0.6 is 27.5 Å². The van der Waals surface area contributed by atoms with Gasteiger partial charge in [0, 0.05) is 18.0 Å². The Bertz CT molecular complexity index is 424. The minimum Gasteiger partial charge on any atom is -0.457 e. The summed E-state index contributed by atoms with van der Waals surface area (Å²) in [5.74, 6) is 1.29. The highest BCUT2D eigenvalue weighted by atomic mass is 79.9. The summed E-state index contributed by atoms with van der Waals surface area (Å²) in [7, 11) is 0. The van der Waals surface area contributed by atoms with Crippen LogP contribution in [0.1, 0.15) is 11.4 Å². The lowest BCUT2D eigenvalue weighted by atomic mass is 10.3. The molecule has 2 aromatic rings. The SMILES string of the molecule is ClCc1nccn1Cc1coc(Br)c1. The fraction of sp³-hybridized carbons (Fsp3) is 0.222. The van der Waals surface area contributed by atoms with Crippen LogP contribution in [0.4, 0.5) is 0 Å². The molecule has 0 unspecified atom stereocenters. The van der Waals surface area contributed by atoms with E-state index >= 15 is 0 Å². The van der Waals surface area contributed by atoms with Gasteiger partial charge in [-0.2, -0.15) is 0 Å². The Balaban J connectivity index is 2.18. The zero-order valence-electron chi connectivity index (χ0n) is 7.28. The second kappa shape index (κ2) is 4.19. The molecule has 0 radical (unpaired) electrons. The fourth-order valence-corrected chi connectivity index (χ4v) is 1.85. The van der Waals surface area contributed by atoms with Crippen molar-refractivity contribution in [3.63, 3.8) is 0 Å². The first-order chi connectivity index (χ1) is 6.79. The van der Waals surface area contributed by atoms with E-state index in [0.29, 0.717) is 5.88 Å². The van der Waals surface area contributed by atoms with Crippen molar-refractivity contribution in [3.05, 3.63) is 40.8 Å². The van der Waals surface area contributed by atoms with Crippen LogP contribution in [0.5, 0.6) is 0 Å². The lowest BCUT2D eigenvalue weighted by Gasteiger charge is -2.02. The summed E-state index contributed by atoms with van der Waals surface area (Å²) in [6.07, 6.45) is 5.35. The molecule has 14 heavy (non-hydrogen) atoms. The Labute approximate surface area is 94.8 Å². The average molecular weight is 276 g/mol. The minimum absolute atomic E-state index is 0.423. The number of alkyl halides is 1. The van der Waals surface area contributed by atoms with E-state index in [9.17, 15) is 0 Å². The molecule has 0 spiro atoms. The first-order valence-electron chi connectivity index (χ1n) is 4.08. The largest absolute Gasteiger partial charge is 0.457 e. The van der Waals surface area contributed by atoms with Crippen LogP contribution < -0.4 is 0 Å². The summed E-state index contributed by atoms with van der Waals surface area (Å²) in [6, 6.07) is 1.93. The van der Waals surface area contributed by atoms with Gasteiger partial charge < -0.3 is 8.98 Å². The van der Waals surface area contributed by atoms with Crippen molar-refractivity contribution in [1.82, 2.24) is 9.55 Å². The Hall–Kier alpha value is -0.740. The standard InChI is InChI=1S/C9H8BrClN2O/c10-8-3-7(6-14-8)5-13-2-1-12-9(13)4-11/h1-3,6H,4-5H2. The van der Waals surface area contributed by atoms with Gasteiger partial charge in [-0.25, -0.2) is 4.98 Å². The molecule has 0 bridgehead atoms. The van der Waals surface area contributed by atoms with Crippen molar-refractivity contribution in [2.75, 3.05) is 0 Å². The number of imidazole rings is 1. The number of furan rings is 1. The lowest BCUT2D eigenvalue weighted by molar-refractivity contribution is 0.537. The maximum absolute atomic E-state index is 5.73. The summed E-state index contributed by atoms with van der Waals surface area (Å²) in [4.78, 5) is 4.13. The lowest BCUT2D eigenvalue weighted by Crippen LogP contribution is -2.01. The van der Waals surface area contributed by atoms with E-state index in [2.05, 4.69) is 20.9 Å². The van der Waals surface area contributed by atoms with E-state index in [1.807, 2.05) is 16.8 Å². The van der Waals surface area contributed by atoms with Gasteiger partial charge in [-0.05, 0) is 22.0 Å². The Morgan fingerprint density at radius 1 is 1.57 bits per heavy atom. The molecule has 2 rings (SSSR count). The molecular formula is C9H8BrClN2O. The fourth-order valence-electron chi connectivity index (χ4n) is 1.24. The normalized spacial score (nSPS) is 10.7. The van der Waals surface area contributed by atoms with Crippen molar-refractivity contribution < 1.29 is 4.42 Å². The van der Waals surface area contributed by atoms with Crippen molar-refractivity contribution >= 4 is 27.5 Å². The van der Waals surface area contributed by atoms with Gasteiger partial charge in [0.15, 0.2) is 4.67 Å². The predicted octanol–water partition coefficient (Wildman–Crippen LogP) is 3.03. The summed E-state index contributed by atoms with van der Waals surface area (Å²) >= 11 is 8.98. The van der Waals surface area contributed by atoms with Gasteiger partial charge in [0.2, 0.25) is 0 Å². The first-order valence-corrected chi connectivity index (χ1v) is 5.41. The van der Waals surface area contributed by atoms with Gasteiger partial charge >= 0.3 is 0 Å². The second-order valence-corrected chi connectivity index (χ2v) is 3.91. The quantitative estimate of drug-likeness (QED) is 0.806. The topological polar surface area (TPSA) is 31.0 Å². The number of hydrogen-bond acceptors (Lipinski definition) is 2. The van der Waals surface area contributed by atoms with Crippen molar-refractivity contribution in [2.24, 2.45) is 0 Å². The molecule has 2 heterocycles. The van der Waals surface area contributed by atoms with Crippen LogP contribution in [0.2, 0.25) is 0 Å². The highest BCUT2D eigenvalue weighted by molar-refractivity contribution is 9.10. The molecule has 5 heteroatoms. The summed E-state index contributed by atoms with van der Waals surface area (Å²) in [5.41, 5.74) is 1.08. The molecule has 0 atom stereocenters. The number of nitrogens with zero attached hydrogens (tertiary/aromatic N) is 2. The zero-order valence-corrected chi connectivity index (χ0v) is 9.62. The zero-order chi connectivity index (χ0) is 9.97. The molecule has 3 nitrogen and oxygen atoms in total. The van der Waals surface area contributed by atoms with Crippen LogP contribution in [0.15, 0.2) is 33.8 Å². The van der Waals surface area contributed by atoms with Gasteiger partial charge in [0.05, 0.1) is 18.7 Å². The van der Waals surface area contributed by atoms with Crippen LogP contribution in [-0.4, -0.2) is 9.55 Å². The summed E-state index contributed by atoms with van der Waals surface area (Å²) in [6.45, 7) is 0.733. The van der Waals surface area contributed by atoms with Crippen molar-refractivity contribution in [2.45, 2.75) is 12.4 Å². The smallest absolute Gasteiger partial charge is 0.169 e. The monoisotopic (exact) mass is 274 g/mol. The van der Waals surface area contributed by atoms with Gasteiger partial charge in [-0.3, -0.25) is 0 Å². The molecule has 0 N–H and O–H groups in total. The molecule has 0 saturated carbocycles. The number of rotatable bonds is 3. The highest BCUT2D eigenvalue weighted by Gasteiger charge is 2.04. The number of aromatic nitrogens is 2.